The maximum Gasteiger partial charge on any atom is 0.349 e. The number of aryl methyl sites for hydroxylation is 2. The number of carboxylic acids is 1. The number of H-pyrrole nitrogens is 1. The Balaban J connectivity index is 1.72. The van der Waals surface area contributed by atoms with Gasteiger partial charge >= 0.3 is 11.7 Å². The van der Waals surface area contributed by atoms with Crippen molar-refractivity contribution in [2.24, 2.45) is 0 Å². The number of carbonyl (C=O) groups is 1. The number of halogens is 2. The molecular weight excluding hydrogens is 505 g/mol. The van der Waals surface area contributed by atoms with E-state index in [4.69, 9.17) is 28.3 Å². The van der Waals surface area contributed by atoms with E-state index in [9.17, 15) is 14.4 Å². The van der Waals surface area contributed by atoms with Gasteiger partial charge in [-0.25, -0.2) is 9.78 Å². The summed E-state index contributed by atoms with van der Waals surface area (Å²) in [4.78, 5) is 48.5. The number of fused-ring (bicyclic) bond motifs is 2. The van der Waals surface area contributed by atoms with Crippen molar-refractivity contribution in [2.45, 2.75) is 39.8 Å². The van der Waals surface area contributed by atoms with Gasteiger partial charge in [-0.1, -0.05) is 29.3 Å². The van der Waals surface area contributed by atoms with E-state index in [1.165, 1.54) is 0 Å². The summed E-state index contributed by atoms with van der Waals surface area (Å²) in [5.41, 5.74) is 3.14. The highest BCUT2D eigenvalue weighted by molar-refractivity contribution is 6.42. The first-order valence-corrected chi connectivity index (χ1v) is 12.2. The summed E-state index contributed by atoms with van der Waals surface area (Å²) in [7, 11) is 0. The molecule has 2 aliphatic heterocycles. The maximum absolute atomic E-state index is 12.5. The van der Waals surface area contributed by atoms with Crippen LogP contribution in [0.25, 0.3) is 22.6 Å². The number of benzene rings is 2. The molecule has 36 heavy (non-hydrogen) atoms. The summed E-state index contributed by atoms with van der Waals surface area (Å²) in [5.74, 6) is -0.651. The summed E-state index contributed by atoms with van der Waals surface area (Å²) in [5, 5.41) is 9.99. The Kier molecular flexibility index (Phi) is 7.73. The molecule has 0 spiro atoms. The summed E-state index contributed by atoms with van der Waals surface area (Å²) in [6.07, 6.45) is 0.501. The number of aromatic amines is 1. The standard InChI is InChI=1S/C25H25Cl2N5O4/c1-14-10-19-20(11-15(14)2)32(23-22(28-19)24(35)30-25(36)29-23)9-8-31(7-3-4-21(33)34)13-16-5-6-17(26)18(27)12-16/h5-6,10-12H,3-4,7-9,13H2,1-2H3,(H,33,34)(H,30,35,36). The minimum Gasteiger partial charge on any atom is -0.481 e. The summed E-state index contributed by atoms with van der Waals surface area (Å²) in [6, 6.07) is 9.27. The van der Waals surface area contributed by atoms with Gasteiger partial charge < -0.3 is 9.67 Å². The van der Waals surface area contributed by atoms with E-state index >= 15 is 0 Å². The van der Waals surface area contributed by atoms with Crippen LogP contribution in [0, 0.1) is 13.8 Å². The van der Waals surface area contributed by atoms with E-state index in [0.29, 0.717) is 48.2 Å². The van der Waals surface area contributed by atoms with Crippen molar-refractivity contribution in [3.8, 4) is 11.5 Å². The van der Waals surface area contributed by atoms with Crippen molar-refractivity contribution in [2.75, 3.05) is 13.1 Å². The molecule has 0 saturated carbocycles. The zero-order chi connectivity index (χ0) is 26.0. The average molecular weight is 530 g/mol. The molecular formula is C25H25Cl2N5O4. The highest BCUT2D eigenvalue weighted by Crippen LogP contribution is 2.25. The van der Waals surface area contributed by atoms with Crippen LogP contribution in [-0.4, -0.2) is 48.6 Å². The van der Waals surface area contributed by atoms with Gasteiger partial charge in [0.1, 0.15) is 0 Å². The van der Waals surface area contributed by atoms with E-state index < -0.39 is 17.2 Å². The minimum atomic E-state index is -0.859. The second kappa shape index (κ2) is 10.8. The van der Waals surface area contributed by atoms with Gasteiger partial charge in [0, 0.05) is 26.1 Å². The third-order valence-corrected chi connectivity index (χ3v) is 6.86. The molecule has 2 heterocycles. The van der Waals surface area contributed by atoms with Gasteiger partial charge in [0.25, 0.3) is 5.56 Å². The molecule has 0 bridgehead atoms. The Labute approximate surface area is 216 Å². The third kappa shape index (κ3) is 5.75. The quantitative estimate of drug-likeness (QED) is 0.315. The molecule has 0 unspecified atom stereocenters. The van der Waals surface area contributed by atoms with E-state index in [1.54, 1.807) is 12.1 Å². The molecule has 2 aromatic carbocycles. The van der Waals surface area contributed by atoms with Crippen molar-refractivity contribution >= 4 is 40.2 Å². The van der Waals surface area contributed by atoms with Gasteiger partial charge in [-0.2, -0.15) is 4.98 Å². The fourth-order valence-corrected chi connectivity index (χ4v) is 4.46. The normalized spacial score (nSPS) is 11.6. The molecule has 0 fully saturated rings. The van der Waals surface area contributed by atoms with Crippen LogP contribution < -0.4 is 11.2 Å². The molecule has 4 rings (SSSR count). The third-order valence-electron chi connectivity index (χ3n) is 6.12. The Morgan fingerprint density at radius 3 is 2.53 bits per heavy atom. The summed E-state index contributed by atoms with van der Waals surface area (Å²) < 4.78 is 1.83. The van der Waals surface area contributed by atoms with Crippen molar-refractivity contribution in [1.29, 1.82) is 0 Å². The first-order valence-electron chi connectivity index (χ1n) is 11.4. The van der Waals surface area contributed by atoms with Crippen LogP contribution >= 0.6 is 23.2 Å². The lowest BCUT2D eigenvalue weighted by atomic mass is 10.1. The molecule has 2 aromatic rings. The van der Waals surface area contributed by atoms with Gasteiger partial charge in [0.15, 0.2) is 11.5 Å². The Hall–Kier alpha value is -3.27. The Morgan fingerprint density at radius 1 is 1.06 bits per heavy atom. The maximum atomic E-state index is 12.5. The lowest BCUT2D eigenvalue weighted by Crippen LogP contribution is -2.32. The first-order chi connectivity index (χ1) is 17.1. The largest absolute Gasteiger partial charge is 0.481 e. The lowest BCUT2D eigenvalue weighted by molar-refractivity contribution is -0.137. The van der Waals surface area contributed by atoms with Crippen molar-refractivity contribution in [1.82, 2.24) is 24.4 Å². The molecule has 0 saturated heterocycles. The second-order valence-corrected chi connectivity index (χ2v) is 9.57. The highest BCUT2D eigenvalue weighted by Gasteiger charge is 2.20. The van der Waals surface area contributed by atoms with E-state index in [2.05, 4.69) is 19.9 Å². The van der Waals surface area contributed by atoms with Crippen molar-refractivity contribution in [3.05, 3.63) is 77.9 Å². The smallest absolute Gasteiger partial charge is 0.349 e. The Bertz CT molecular complexity index is 1530. The summed E-state index contributed by atoms with van der Waals surface area (Å²) in [6.45, 7) is 5.87. The molecule has 0 aliphatic carbocycles. The average Bonchev–Trinajstić information content (AvgIpc) is 2.80. The topological polar surface area (TPSA) is 121 Å². The lowest BCUT2D eigenvalue weighted by Gasteiger charge is -2.25. The van der Waals surface area contributed by atoms with Gasteiger partial charge in [0.2, 0.25) is 0 Å². The molecule has 2 N–H and O–H groups in total. The first kappa shape index (κ1) is 25.8. The molecule has 0 radical (unpaired) electrons. The predicted molar refractivity (Wildman–Crippen MR) is 139 cm³/mol. The molecule has 11 heteroatoms. The number of carboxylic acid groups (broad SMARTS) is 1. The fourth-order valence-electron chi connectivity index (χ4n) is 4.14. The van der Waals surface area contributed by atoms with E-state index in [1.807, 2.05) is 36.6 Å². The zero-order valence-corrected chi connectivity index (χ0v) is 21.4. The molecule has 2 aliphatic rings. The van der Waals surface area contributed by atoms with Gasteiger partial charge in [-0.15, -0.1) is 0 Å². The number of aromatic nitrogens is 4. The van der Waals surface area contributed by atoms with Crippen LogP contribution in [0.1, 0.15) is 29.5 Å². The van der Waals surface area contributed by atoms with Crippen LogP contribution in [0.15, 0.2) is 39.9 Å². The highest BCUT2D eigenvalue weighted by atomic mass is 35.5. The van der Waals surface area contributed by atoms with Crippen molar-refractivity contribution < 1.29 is 9.90 Å². The van der Waals surface area contributed by atoms with E-state index in [-0.39, 0.29) is 17.9 Å². The van der Waals surface area contributed by atoms with Crippen LogP contribution in [0.5, 0.6) is 0 Å². The van der Waals surface area contributed by atoms with Gasteiger partial charge in [-0.05, 0) is 67.8 Å². The van der Waals surface area contributed by atoms with Crippen LogP contribution in [0.2, 0.25) is 10.0 Å². The van der Waals surface area contributed by atoms with Crippen molar-refractivity contribution in [3.63, 3.8) is 0 Å². The van der Waals surface area contributed by atoms with Gasteiger partial charge in [-0.3, -0.25) is 19.5 Å². The van der Waals surface area contributed by atoms with Crippen LogP contribution in [0.4, 0.5) is 0 Å². The SMILES string of the molecule is Cc1cc2nc3c(=O)[nH]c(=O)nc-3n(CCN(CCCC(=O)O)Cc3ccc(Cl)c(Cl)c3)c2cc1C. The minimum absolute atomic E-state index is 0.0427. The molecule has 0 atom stereocenters. The predicted octanol–water partition coefficient (Wildman–Crippen LogP) is 3.88. The van der Waals surface area contributed by atoms with Gasteiger partial charge in [0.05, 0.1) is 21.1 Å². The van der Waals surface area contributed by atoms with Crippen LogP contribution in [0.3, 0.4) is 0 Å². The number of hydrogen-bond donors (Lipinski definition) is 2. The molecule has 0 amide bonds. The number of rotatable bonds is 9. The fraction of sp³-hybridized carbons (Fsp3) is 0.320. The zero-order valence-electron chi connectivity index (χ0n) is 19.8. The second-order valence-electron chi connectivity index (χ2n) is 8.75. The number of nitrogens with zero attached hydrogens (tertiary/aromatic N) is 4. The van der Waals surface area contributed by atoms with Crippen LogP contribution in [-0.2, 0) is 17.9 Å². The molecule has 0 aromatic heterocycles. The summed E-state index contributed by atoms with van der Waals surface area (Å²) >= 11 is 12.3. The number of aliphatic carboxylic acids is 1. The number of nitrogens with one attached hydrogen (secondary N) is 1. The monoisotopic (exact) mass is 529 g/mol. The molecule has 9 nitrogen and oxygen atoms in total. The van der Waals surface area contributed by atoms with E-state index in [0.717, 1.165) is 22.2 Å². The number of hydrogen-bond acceptors (Lipinski definition) is 6. The molecule has 188 valence electrons. The Morgan fingerprint density at radius 2 is 1.81 bits per heavy atom.